The first kappa shape index (κ1) is 28.7. The van der Waals surface area contributed by atoms with Gasteiger partial charge in [-0.25, -0.2) is 0 Å². The fourth-order valence-corrected chi connectivity index (χ4v) is 9.02. The summed E-state index contributed by atoms with van der Waals surface area (Å²) in [7, 11) is 0. The molecule has 0 fully saturated rings. The van der Waals surface area contributed by atoms with Crippen LogP contribution >= 0.6 is 0 Å². The second-order valence-corrected chi connectivity index (χ2v) is 14.6. The molecule has 0 amide bonds. The Hall–Kier alpha value is -6.10. The van der Waals surface area contributed by atoms with Crippen LogP contribution in [0.3, 0.4) is 0 Å². The average Bonchev–Trinajstić information content (AvgIpc) is 3.80. The number of furan rings is 1. The van der Waals surface area contributed by atoms with Crippen molar-refractivity contribution < 1.29 is 4.42 Å². The summed E-state index contributed by atoms with van der Waals surface area (Å²) < 4.78 is 8.89. The van der Waals surface area contributed by atoms with Crippen molar-refractivity contribution in [3.8, 4) is 16.8 Å². The second kappa shape index (κ2) is 10.5. The monoisotopic (exact) mass is 657 g/mol. The Kier molecular flexibility index (Phi) is 5.89. The Morgan fingerprint density at radius 1 is 0.588 bits per heavy atom. The molecule has 0 saturated carbocycles. The molecular weight excluding hydrogens is 623 g/mol. The molecule has 7 aromatic carbocycles. The summed E-state index contributed by atoms with van der Waals surface area (Å²) in [5.74, 6) is 0. The number of hydrogen-bond donors (Lipinski definition) is 2. The van der Waals surface area contributed by atoms with Crippen molar-refractivity contribution in [3.05, 3.63) is 179 Å². The molecule has 1 aliphatic carbocycles. The number of nitrogens with one attached hydrogen (secondary N) is 2. The van der Waals surface area contributed by atoms with Crippen LogP contribution in [0.25, 0.3) is 60.6 Å². The van der Waals surface area contributed by atoms with Gasteiger partial charge in [0.25, 0.3) is 0 Å². The van der Waals surface area contributed by atoms with Crippen LogP contribution in [0.15, 0.2) is 156 Å². The zero-order chi connectivity index (χ0) is 33.8. The summed E-state index contributed by atoms with van der Waals surface area (Å²) in [4.78, 5) is 0. The lowest BCUT2D eigenvalue weighted by molar-refractivity contribution is 0.505. The van der Waals surface area contributed by atoms with Crippen LogP contribution in [0.4, 0.5) is 5.69 Å². The lowest BCUT2D eigenvalue weighted by Crippen LogP contribution is -2.37. The Bertz CT molecular complexity index is 2860. The molecule has 51 heavy (non-hydrogen) atoms. The summed E-state index contributed by atoms with van der Waals surface area (Å²) in [6.45, 7) is 4.71. The molecule has 244 valence electrons. The van der Waals surface area contributed by atoms with E-state index in [2.05, 4.69) is 175 Å². The van der Waals surface area contributed by atoms with Gasteiger partial charge in [0.1, 0.15) is 17.3 Å². The van der Waals surface area contributed by atoms with E-state index >= 15 is 0 Å². The third-order valence-electron chi connectivity index (χ3n) is 11.5. The molecule has 0 saturated heterocycles. The van der Waals surface area contributed by atoms with Gasteiger partial charge >= 0.3 is 0 Å². The van der Waals surface area contributed by atoms with Gasteiger partial charge in [0.2, 0.25) is 0 Å². The van der Waals surface area contributed by atoms with Crippen molar-refractivity contribution in [3.63, 3.8) is 0 Å². The van der Waals surface area contributed by atoms with E-state index in [9.17, 15) is 0 Å². The van der Waals surface area contributed by atoms with Gasteiger partial charge in [0, 0.05) is 32.9 Å². The van der Waals surface area contributed by atoms with Crippen LogP contribution in [-0.4, -0.2) is 4.57 Å². The predicted octanol–water partition coefficient (Wildman–Crippen LogP) is 11.8. The first-order chi connectivity index (χ1) is 25.0. The summed E-state index contributed by atoms with van der Waals surface area (Å²) in [6, 6.07) is 55.1. The molecular formula is C47H35N3O. The minimum absolute atomic E-state index is 0.0421. The maximum Gasteiger partial charge on any atom is 0.145 e. The minimum atomic E-state index is -0.0641. The van der Waals surface area contributed by atoms with E-state index in [4.69, 9.17) is 4.42 Å². The third-order valence-corrected chi connectivity index (χ3v) is 11.5. The SMILES string of the molecule is CC1(C)c2ccccc2-c2ccc(C3NC(c4ccc(-n5c6ccccc6c6c7oc8ccccc8c7ccc65)cc4)Nc4ccccc43)cc21. The standard InChI is InChI=1S/C47H35N3O/c1-47(2)37-15-7-3-11-31(37)32-24-21-29(27-38(32)47)44-35-13-4-8-16-39(35)48-46(49-44)28-19-22-30(23-20-28)50-40-17-9-5-14-36(40)43-41(50)26-25-34-33-12-6-10-18-42(33)51-45(34)43/h3-27,44,46,48-49H,1-2H3. The molecule has 2 atom stereocenters. The zero-order valence-corrected chi connectivity index (χ0v) is 28.4. The van der Waals surface area contributed by atoms with Gasteiger partial charge in [-0.2, -0.15) is 0 Å². The van der Waals surface area contributed by atoms with Gasteiger partial charge in [-0.05, 0) is 81.4 Å². The van der Waals surface area contributed by atoms with Gasteiger partial charge in [-0.3, -0.25) is 5.32 Å². The topological polar surface area (TPSA) is 42.1 Å². The summed E-state index contributed by atoms with van der Waals surface area (Å²) in [5, 5.41) is 12.5. The molecule has 3 heterocycles. The molecule has 2 unspecified atom stereocenters. The second-order valence-electron chi connectivity index (χ2n) is 14.6. The predicted molar refractivity (Wildman–Crippen MR) is 210 cm³/mol. The number of aromatic nitrogens is 1. The summed E-state index contributed by atoms with van der Waals surface area (Å²) in [6.07, 6.45) is -0.0641. The van der Waals surface area contributed by atoms with Gasteiger partial charge in [-0.15, -0.1) is 0 Å². The van der Waals surface area contributed by atoms with Gasteiger partial charge in [0.05, 0.1) is 22.5 Å². The normalized spacial score (nSPS) is 17.5. The van der Waals surface area contributed by atoms with Crippen molar-refractivity contribution in [2.24, 2.45) is 0 Å². The van der Waals surface area contributed by atoms with E-state index in [-0.39, 0.29) is 17.6 Å². The average molecular weight is 658 g/mol. The maximum atomic E-state index is 6.52. The molecule has 4 nitrogen and oxygen atoms in total. The van der Waals surface area contributed by atoms with Crippen LogP contribution < -0.4 is 10.6 Å². The molecule has 0 radical (unpaired) electrons. The molecule has 9 aromatic rings. The van der Waals surface area contributed by atoms with Crippen LogP contribution in [0, 0.1) is 0 Å². The Morgan fingerprint density at radius 3 is 2.22 bits per heavy atom. The Labute approximate surface area is 296 Å². The summed E-state index contributed by atoms with van der Waals surface area (Å²) in [5.41, 5.74) is 15.6. The molecule has 2 aliphatic rings. The van der Waals surface area contributed by atoms with E-state index < -0.39 is 0 Å². The van der Waals surface area contributed by atoms with Crippen molar-refractivity contribution in [1.82, 2.24) is 9.88 Å². The highest BCUT2D eigenvalue weighted by atomic mass is 16.3. The third kappa shape index (κ3) is 4.05. The van der Waals surface area contributed by atoms with Crippen LogP contribution in [0.2, 0.25) is 0 Å². The van der Waals surface area contributed by atoms with Gasteiger partial charge in [0.15, 0.2) is 0 Å². The molecule has 11 rings (SSSR count). The molecule has 0 spiro atoms. The van der Waals surface area contributed by atoms with Crippen molar-refractivity contribution in [2.75, 3.05) is 5.32 Å². The molecule has 1 aliphatic heterocycles. The fraction of sp³-hybridized carbons (Fsp3) is 0.106. The Morgan fingerprint density at radius 2 is 1.31 bits per heavy atom. The maximum absolute atomic E-state index is 6.52. The number of rotatable bonds is 3. The van der Waals surface area contributed by atoms with Crippen molar-refractivity contribution in [2.45, 2.75) is 31.5 Å². The van der Waals surface area contributed by atoms with Crippen molar-refractivity contribution >= 4 is 49.4 Å². The minimum Gasteiger partial charge on any atom is -0.455 e. The lowest BCUT2D eigenvalue weighted by atomic mass is 9.81. The smallest absolute Gasteiger partial charge is 0.145 e. The number of anilines is 1. The first-order valence-corrected chi connectivity index (χ1v) is 17.8. The number of para-hydroxylation sites is 3. The zero-order valence-electron chi connectivity index (χ0n) is 28.4. The number of fused-ring (bicyclic) bond motifs is 11. The van der Waals surface area contributed by atoms with Crippen LogP contribution in [0.1, 0.15) is 53.9 Å². The number of benzene rings is 7. The van der Waals surface area contributed by atoms with Gasteiger partial charge < -0.3 is 14.3 Å². The van der Waals surface area contributed by atoms with Crippen molar-refractivity contribution in [1.29, 1.82) is 0 Å². The highest BCUT2D eigenvalue weighted by Crippen LogP contribution is 2.50. The quantitative estimate of drug-likeness (QED) is 0.199. The largest absolute Gasteiger partial charge is 0.455 e. The molecule has 2 N–H and O–H groups in total. The number of nitrogens with zero attached hydrogens (tertiary/aromatic N) is 1. The van der Waals surface area contributed by atoms with Crippen LogP contribution in [-0.2, 0) is 5.41 Å². The summed E-state index contributed by atoms with van der Waals surface area (Å²) >= 11 is 0. The van der Waals surface area contributed by atoms with E-state index in [1.807, 2.05) is 6.07 Å². The van der Waals surface area contributed by atoms with E-state index in [0.29, 0.717) is 0 Å². The lowest BCUT2D eigenvalue weighted by Gasteiger charge is -2.36. The highest BCUT2D eigenvalue weighted by Gasteiger charge is 2.36. The molecule has 2 aromatic heterocycles. The number of hydrogen-bond acceptors (Lipinski definition) is 3. The highest BCUT2D eigenvalue weighted by molar-refractivity contribution is 6.23. The van der Waals surface area contributed by atoms with Gasteiger partial charge in [-0.1, -0.05) is 123 Å². The van der Waals surface area contributed by atoms with Crippen LogP contribution in [0.5, 0.6) is 0 Å². The molecule has 0 bridgehead atoms. The van der Waals surface area contributed by atoms with E-state index in [0.717, 1.165) is 49.7 Å². The Balaban J connectivity index is 0.990. The van der Waals surface area contributed by atoms with E-state index in [1.54, 1.807) is 0 Å². The molecule has 4 heteroatoms. The first-order valence-electron chi connectivity index (χ1n) is 17.8. The van der Waals surface area contributed by atoms with E-state index in [1.165, 1.54) is 44.3 Å². The fourth-order valence-electron chi connectivity index (χ4n) is 9.02.